The molecular formula is C18H25N4O2S2+. The molecule has 1 N–H and O–H groups in total. The topological polar surface area (TPSA) is 58.0 Å². The maximum Gasteiger partial charge on any atom is 0.232 e. The van der Waals surface area contributed by atoms with E-state index in [1.54, 1.807) is 16.2 Å². The van der Waals surface area contributed by atoms with Crippen LogP contribution in [0.1, 0.15) is 12.0 Å². The minimum absolute atomic E-state index is 0.567. The van der Waals surface area contributed by atoms with Crippen molar-refractivity contribution in [2.75, 3.05) is 55.2 Å². The zero-order valence-corrected chi connectivity index (χ0v) is 16.9. The molecule has 3 heterocycles. The summed E-state index contributed by atoms with van der Waals surface area (Å²) in [6.45, 7) is 4.96. The van der Waals surface area contributed by atoms with Crippen LogP contribution in [0.2, 0.25) is 0 Å². The van der Waals surface area contributed by atoms with Gasteiger partial charge >= 0.3 is 0 Å². The molecule has 4 rings (SSSR count). The van der Waals surface area contributed by atoms with Gasteiger partial charge in [0.1, 0.15) is 0 Å². The summed E-state index contributed by atoms with van der Waals surface area (Å²) in [5.74, 6) is 0. The lowest BCUT2D eigenvalue weighted by atomic mass is 10.00. The van der Waals surface area contributed by atoms with E-state index >= 15 is 0 Å². The van der Waals surface area contributed by atoms with Gasteiger partial charge in [-0.2, -0.15) is 0 Å². The van der Waals surface area contributed by atoms with Gasteiger partial charge in [0.05, 0.1) is 50.9 Å². The minimum atomic E-state index is -3.22. The first-order chi connectivity index (χ1) is 12.4. The van der Waals surface area contributed by atoms with Crippen molar-refractivity contribution in [1.82, 2.24) is 4.98 Å². The number of benzene rings is 1. The van der Waals surface area contributed by atoms with Gasteiger partial charge in [-0.05, 0) is 30.5 Å². The molecular weight excluding hydrogens is 368 g/mol. The molecule has 1 aromatic carbocycles. The van der Waals surface area contributed by atoms with E-state index in [4.69, 9.17) is 4.98 Å². The van der Waals surface area contributed by atoms with Crippen LogP contribution in [0, 0.1) is 0 Å². The Hall–Kier alpha value is -1.64. The Morgan fingerprint density at radius 3 is 2.69 bits per heavy atom. The van der Waals surface area contributed by atoms with E-state index in [1.165, 1.54) is 10.6 Å². The summed E-state index contributed by atoms with van der Waals surface area (Å²) < 4.78 is 25.5. The van der Waals surface area contributed by atoms with Gasteiger partial charge in [0, 0.05) is 17.5 Å². The fourth-order valence-electron chi connectivity index (χ4n) is 3.69. The van der Waals surface area contributed by atoms with Gasteiger partial charge < -0.3 is 9.80 Å². The molecule has 1 fully saturated rings. The second kappa shape index (κ2) is 6.83. The summed E-state index contributed by atoms with van der Waals surface area (Å²) in [6.07, 6.45) is 3.05. The van der Waals surface area contributed by atoms with Crippen LogP contribution in [0.5, 0.6) is 0 Å². The highest BCUT2D eigenvalue weighted by Crippen LogP contribution is 2.34. The van der Waals surface area contributed by atoms with Crippen LogP contribution >= 0.6 is 11.3 Å². The molecule has 6 nitrogen and oxygen atoms in total. The molecule has 26 heavy (non-hydrogen) atoms. The quantitative estimate of drug-likeness (QED) is 0.840. The molecule has 0 bridgehead atoms. The predicted octanol–water partition coefficient (Wildman–Crippen LogP) is 0.857. The monoisotopic (exact) mass is 393 g/mol. The summed E-state index contributed by atoms with van der Waals surface area (Å²) in [5, 5.41) is 3.20. The third-order valence-corrected chi connectivity index (χ3v) is 7.31. The van der Waals surface area contributed by atoms with Crippen molar-refractivity contribution in [2.45, 2.75) is 12.8 Å². The molecule has 8 heteroatoms. The number of hydrogen-bond donors (Lipinski definition) is 1. The molecule has 0 aliphatic carbocycles. The average molecular weight is 394 g/mol. The molecule has 2 aliphatic heterocycles. The van der Waals surface area contributed by atoms with E-state index < -0.39 is 10.0 Å². The Morgan fingerprint density at radius 1 is 1.19 bits per heavy atom. The highest BCUT2D eigenvalue weighted by molar-refractivity contribution is 7.92. The minimum Gasteiger partial charge on any atom is -0.337 e. The molecule has 0 unspecified atom stereocenters. The summed E-state index contributed by atoms with van der Waals surface area (Å²) >= 11 is 1.69. The fourth-order valence-corrected chi connectivity index (χ4v) is 5.57. The summed E-state index contributed by atoms with van der Waals surface area (Å²) in [4.78, 5) is 8.79. The van der Waals surface area contributed by atoms with Crippen molar-refractivity contribution >= 4 is 32.2 Å². The number of likely N-dealkylation sites (N-methyl/N-ethyl adjacent to an activating group) is 1. The van der Waals surface area contributed by atoms with Gasteiger partial charge in [-0.25, -0.2) is 13.4 Å². The number of sulfonamides is 1. The van der Waals surface area contributed by atoms with Crippen LogP contribution in [0.4, 0.5) is 10.8 Å². The number of quaternary nitrogens is 1. The zero-order chi connectivity index (χ0) is 18.3. The Balaban J connectivity index is 1.60. The molecule has 140 valence electrons. The molecule has 1 saturated heterocycles. The van der Waals surface area contributed by atoms with E-state index in [0.29, 0.717) is 6.54 Å². The van der Waals surface area contributed by atoms with Crippen molar-refractivity contribution < 1.29 is 13.3 Å². The van der Waals surface area contributed by atoms with Crippen molar-refractivity contribution in [3.8, 4) is 11.3 Å². The van der Waals surface area contributed by atoms with Crippen LogP contribution < -0.4 is 14.1 Å². The van der Waals surface area contributed by atoms with Gasteiger partial charge in [0.15, 0.2) is 5.13 Å². The normalized spacial score (nSPS) is 18.8. The first-order valence-corrected chi connectivity index (χ1v) is 11.8. The molecule has 0 saturated carbocycles. The smallest absolute Gasteiger partial charge is 0.232 e. The van der Waals surface area contributed by atoms with Crippen LogP contribution in [0.15, 0.2) is 23.6 Å². The van der Waals surface area contributed by atoms with Crippen LogP contribution in [-0.2, 0) is 16.4 Å². The third kappa shape index (κ3) is 3.45. The van der Waals surface area contributed by atoms with E-state index in [9.17, 15) is 8.42 Å². The molecule has 0 atom stereocenters. The maximum absolute atomic E-state index is 12.0. The summed E-state index contributed by atoms with van der Waals surface area (Å²) in [7, 11) is -0.987. The average Bonchev–Trinajstić information content (AvgIpc) is 3.10. The number of piperazine rings is 1. The number of hydrogen-bond acceptors (Lipinski definition) is 5. The first-order valence-electron chi connectivity index (χ1n) is 9.04. The lowest BCUT2D eigenvalue weighted by Gasteiger charge is -2.29. The Kier molecular flexibility index (Phi) is 4.66. The fraction of sp³-hybridized carbons (Fsp3) is 0.500. The molecule has 0 amide bonds. The van der Waals surface area contributed by atoms with Gasteiger partial charge in [-0.15, -0.1) is 11.3 Å². The van der Waals surface area contributed by atoms with Gasteiger partial charge in [-0.3, -0.25) is 4.31 Å². The number of aromatic nitrogens is 1. The Bertz CT molecular complexity index is 902. The molecule has 2 aliphatic rings. The van der Waals surface area contributed by atoms with Gasteiger partial charge in [0.25, 0.3) is 0 Å². The molecule has 1 aromatic heterocycles. The highest BCUT2D eigenvalue weighted by atomic mass is 32.2. The number of anilines is 2. The number of aryl methyl sites for hydroxylation is 1. The van der Waals surface area contributed by atoms with Crippen molar-refractivity contribution in [1.29, 1.82) is 0 Å². The zero-order valence-electron chi connectivity index (χ0n) is 15.2. The largest absolute Gasteiger partial charge is 0.337 e. The first kappa shape index (κ1) is 17.8. The van der Waals surface area contributed by atoms with E-state index in [0.717, 1.165) is 66.7 Å². The van der Waals surface area contributed by atoms with Crippen LogP contribution in [0.3, 0.4) is 0 Å². The number of nitrogens with one attached hydrogen (secondary N) is 1. The Morgan fingerprint density at radius 2 is 1.96 bits per heavy atom. The van der Waals surface area contributed by atoms with E-state index in [2.05, 4.69) is 23.4 Å². The van der Waals surface area contributed by atoms with Gasteiger partial charge in [0.2, 0.25) is 10.0 Å². The molecule has 0 radical (unpaired) electrons. The lowest BCUT2D eigenvalue weighted by molar-refractivity contribution is -0.880. The van der Waals surface area contributed by atoms with Crippen molar-refractivity contribution in [2.24, 2.45) is 0 Å². The SMILES string of the molecule is C[NH+]1CCN(c2nc(-c3ccc4c(c3)CCCN4S(C)(=O)=O)cs2)CC1. The van der Waals surface area contributed by atoms with Crippen molar-refractivity contribution in [3.05, 3.63) is 29.1 Å². The number of nitrogens with zero attached hydrogens (tertiary/aromatic N) is 3. The van der Waals surface area contributed by atoms with E-state index in [-0.39, 0.29) is 0 Å². The second-order valence-corrected chi connectivity index (χ2v) is 9.99. The lowest BCUT2D eigenvalue weighted by Crippen LogP contribution is -3.12. The van der Waals surface area contributed by atoms with Crippen LogP contribution in [0.25, 0.3) is 11.3 Å². The predicted molar refractivity (Wildman–Crippen MR) is 107 cm³/mol. The summed E-state index contributed by atoms with van der Waals surface area (Å²) in [6, 6.07) is 6.04. The molecule has 0 spiro atoms. The van der Waals surface area contributed by atoms with Crippen LogP contribution in [-0.4, -0.2) is 59.4 Å². The third-order valence-electron chi connectivity index (χ3n) is 5.23. The van der Waals surface area contributed by atoms with Crippen molar-refractivity contribution in [3.63, 3.8) is 0 Å². The highest BCUT2D eigenvalue weighted by Gasteiger charge is 2.25. The maximum atomic E-state index is 12.0. The Labute approximate surface area is 159 Å². The second-order valence-electron chi connectivity index (χ2n) is 7.24. The number of fused-ring (bicyclic) bond motifs is 1. The van der Waals surface area contributed by atoms with E-state index in [1.807, 2.05) is 12.1 Å². The van der Waals surface area contributed by atoms with Gasteiger partial charge in [-0.1, -0.05) is 6.07 Å². The number of rotatable bonds is 3. The number of thiazole rings is 1. The summed E-state index contributed by atoms with van der Waals surface area (Å²) in [5.41, 5.74) is 3.97. The molecule has 2 aromatic rings. The standard InChI is InChI=1S/C18H24N4O2S2/c1-20-8-10-21(11-9-20)18-19-16(13-25-18)14-5-6-17-15(12-14)4-3-7-22(17)26(2,23)24/h5-6,12-13H,3-4,7-11H2,1-2H3/p+1.